The molecule has 3 rings (SSSR count). The number of benzene rings is 1. The van der Waals surface area contributed by atoms with Gasteiger partial charge < -0.3 is 5.32 Å². The van der Waals surface area contributed by atoms with E-state index < -0.39 is 0 Å². The minimum Gasteiger partial charge on any atom is -0.363 e. The Morgan fingerprint density at radius 3 is 2.70 bits per heavy atom. The number of aromatic amines is 1. The van der Waals surface area contributed by atoms with Crippen molar-refractivity contribution in [1.82, 2.24) is 25.2 Å². The van der Waals surface area contributed by atoms with Gasteiger partial charge >= 0.3 is 0 Å². The van der Waals surface area contributed by atoms with E-state index in [9.17, 15) is 4.39 Å². The van der Waals surface area contributed by atoms with Crippen LogP contribution in [0.1, 0.15) is 28.2 Å². The Hall–Kier alpha value is -2.70. The fourth-order valence-electron chi connectivity index (χ4n) is 2.47. The van der Waals surface area contributed by atoms with Crippen LogP contribution < -0.4 is 5.32 Å². The third-order valence-corrected chi connectivity index (χ3v) is 3.97. The highest BCUT2D eigenvalue weighted by Crippen LogP contribution is 2.16. The molecular formula is C16H19FN6. The van der Waals surface area contributed by atoms with Gasteiger partial charge in [-0.15, -0.1) is 5.10 Å². The van der Waals surface area contributed by atoms with Crippen molar-refractivity contribution in [2.75, 3.05) is 5.32 Å². The van der Waals surface area contributed by atoms with Crippen molar-refractivity contribution in [1.29, 1.82) is 0 Å². The van der Waals surface area contributed by atoms with Gasteiger partial charge in [-0.25, -0.2) is 9.07 Å². The van der Waals surface area contributed by atoms with Gasteiger partial charge in [-0.05, 0) is 26.8 Å². The van der Waals surface area contributed by atoms with Crippen molar-refractivity contribution in [3.8, 4) is 0 Å². The van der Waals surface area contributed by atoms with Crippen LogP contribution in [0.3, 0.4) is 0 Å². The van der Waals surface area contributed by atoms with Crippen LogP contribution in [-0.2, 0) is 13.1 Å². The van der Waals surface area contributed by atoms with Gasteiger partial charge in [0, 0.05) is 23.4 Å². The maximum atomic E-state index is 13.7. The van der Waals surface area contributed by atoms with Crippen molar-refractivity contribution < 1.29 is 4.39 Å². The number of nitrogens with zero attached hydrogens (tertiary/aromatic N) is 4. The maximum absolute atomic E-state index is 13.7. The van der Waals surface area contributed by atoms with Gasteiger partial charge in [0.05, 0.1) is 17.9 Å². The lowest BCUT2D eigenvalue weighted by molar-refractivity contribution is 0.571. The molecule has 0 unspecified atom stereocenters. The monoisotopic (exact) mass is 314 g/mol. The first-order valence-electron chi connectivity index (χ1n) is 7.44. The molecule has 6 nitrogen and oxygen atoms in total. The Balaban J connectivity index is 1.73. The van der Waals surface area contributed by atoms with Crippen LogP contribution in [0.2, 0.25) is 0 Å². The Labute approximate surface area is 133 Å². The normalized spacial score (nSPS) is 11.0. The van der Waals surface area contributed by atoms with E-state index in [2.05, 4.69) is 25.8 Å². The molecular weight excluding hydrogens is 295 g/mol. The lowest BCUT2D eigenvalue weighted by atomic mass is 10.2. The molecule has 3 aromatic rings. The molecule has 0 atom stereocenters. The van der Waals surface area contributed by atoms with Crippen molar-refractivity contribution >= 4 is 5.82 Å². The summed E-state index contributed by atoms with van der Waals surface area (Å²) in [6, 6.07) is 6.69. The summed E-state index contributed by atoms with van der Waals surface area (Å²) in [5.74, 6) is 0.461. The second kappa shape index (κ2) is 6.20. The zero-order valence-corrected chi connectivity index (χ0v) is 13.4. The predicted molar refractivity (Wildman–Crippen MR) is 85.6 cm³/mol. The highest BCUT2D eigenvalue weighted by Gasteiger charge is 2.12. The summed E-state index contributed by atoms with van der Waals surface area (Å²) in [6.07, 6.45) is 0. The van der Waals surface area contributed by atoms with Crippen molar-refractivity contribution in [3.63, 3.8) is 0 Å². The van der Waals surface area contributed by atoms with Crippen molar-refractivity contribution in [3.05, 3.63) is 58.3 Å². The molecule has 2 heterocycles. The summed E-state index contributed by atoms with van der Waals surface area (Å²) >= 11 is 0. The van der Waals surface area contributed by atoms with Gasteiger partial charge in [0.15, 0.2) is 5.82 Å². The van der Waals surface area contributed by atoms with Gasteiger partial charge in [-0.2, -0.15) is 5.10 Å². The van der Waals surface area contributed by atoms with Crippen LogP contribution in [-0.4, -0.2) is 25.2 Å². The summed E-state index contributed by atoms with van der Waals surface area (Å²) in [6.45, 7) is 6.84. The smallest absolute Gasteiger partial charge is 0.171 e. The molecule has 0 radical (unpaired) electrons. The Morgan fingerprint density at radius 2 is 2.00 bits per heavy atom. The Kier molecular flexibility index (Phi) is 4.10. The molecule has 1 aromatic carbocycles. The first-order valence-corrected chi connectivity index (χ1v) is 7.44. The van der Waals surface area contributed by atoms with Gasteiger partial charge in [0.25, 0.3) is 0 Å². The van der Waals surface area contributed by atoms with Crippen LogP contribution in [0.25, 0.3) is 0 Å². The first kappa shape index (κ1) is 15.2. The molecule has 0 amide bonds. The largest absolute Gasteiger partial charge is 0.363 e. The molecule has 0 aliphatic rings. The molecule has 7 heteroatoms. The van der Waals surface area contributed by atoms with Gasteiger partial charge in [-0.1, -0.05) is 23.4 Å². The topological polar surface area (TPSA) is 71.4 Å². The van der Waals surface area contributed by atoms with Crippen molar-refractivity contribution in [2.45, 2.75) is 33.9 Å². The van der Waals surface area contributed by atoms with Crippen molar-refractivity contribution in [2.24, 2.45) is 0 Å². The molecule has 0 fully saturated rings. The van der Waals surface area contributed by atoms with Crippen LogP contribution in [0.15, 0.2) is 24.3 Å². The minimum atomic E-state index is -0.235. The summed E-state index contributed by atoms with van der Waals surface area (Å²) in [5.41, 5.74) is 4.58. The molecule has 120 valence electrons. The van der Waals surface area contributed by atoms with E-state index in [1.807, 2.05) is 26.8 Å². The Morgan fingerprint density at radius 1 is 1.22 bits per heavy atom. The Bertz CT molecular complexity index is 800. The molecule has 0 aliphatic carbocycles. The third-order valence-electron chi connectivity index (χ3n) is 3.97. The van der Waals surface area contributed by atoms with Gasteiger partial charge in [0.2, 0.25) is 0 Å². The highest BCUT2D eigenvalue weighted by atomic mass is 19.1. The zero-order chi connectivity index (χ0) is 16.4. The number of halogens is 1. The summed E-state index contributed by atoms with van der Waals surface area (Å²) < 4.78 is 15.4. The second-order valence-electron chi connectivity index (χ2n) is 5.54. The summed E-state index contributed by atoms with van der Waals surface area (Å²) in [4.78, 5) is 0. The summed E-state index contributed by atoms with van der Waals surface area (Å²) in [5, 5.41) is 18.7. The minimum absolute atomic E-state index is 0.235. The van der Waals surface area contributed by atoms with E-state index in [4.69, 9.17) is 0 Å². The average molecular weight is 314 g/mol. The fourth-order valence-corrected chi connectivity index (χ4v) is 2.47. The van der Waals surface area contributed by atoms with E-state index in [0.717, 1.165) is 22.6 Å². The lowest BCUT2D eigenvalue weighted by Crippen LogP contribution is -2.07. The maximum Gasteiger partial charge on any atom is 0.171 e. The van der Waals surface area contributed by atoms with Gasteiger partial charge in [-0.3, -0.25) is 5.10 Å². The van der Waals surface area contributed by atoms with E-state index >= 15 is 0 Å². The van der Waals surface area contributed by atoms with Gasteiger partial charge in [0.1, 0.15) is 5.82 Å². The molecule has 0 spiro atoms. The number of nitrogens with one attached hydrogen (secondary N) is 2. The summed E-state index contributed by atoms with van der Waals surface area (Å²) in [7, 11) is 0. The molecule has 2 N–H and O–H groups in total. The molecule has 0 saturated carbocycles. The quantitative estimate of drug-likeness (QED) is 0.759. The molecule has 0 aliphatic heterocycles. The third kappa shape index (κ3) is 3.08. The molecule has 0 bridgehead atoms. The van der Waals surface area contributed by atoms with Crippen LogP contribution in [0.5, 0.6) is 0 Å². The SMILES string of the molecule is Cc1n[nH]c(C)c1CNc1nnn(Cc2ccccc2F)c1C. The molecule has 23 heavy (non-hydrogen) atoms. The number of aryl methyl sites for hydroxylation is 2. The van der Waals surface area contributed by atoms with E-state index in [1.54, 1.807) is 16.8 Å². The number of hydrogen-bond acceptors (Lipinski definition) is 4. The average Bonchev–Trinajstić information content (AvgIpc) is 3.04. The van der Waals surface area contributed by atoms with E-state index in [0.29, 0.717) is 24.5 Å². The molecule has 2 aromatic heterocycles. The highest BCUT2D eigenvalue weighted by molar-refractivity contribution is 5.40. The number of rotatable bonds is 5. The lowest BCUT2D eigenvalue weighted by Gasteiger charge is -2.07. The number of aromatic nitrogens is 5. The molecule has 0 saturated heterocycles. The fraction of sp³-hybridized carbons (Fsp3) is 0.312. The standard InChI is InChI=1S/C16H19FN6/c1-10-14(11(2)20-19-10)8-18-16-12(3)23(22-21-16)9-13-6-4-5-7-15(13)17/h4-7,18H,8-9H2,1-3H3,(H,19,20). The number of hydrogen-bond donors (Lipinski definition) is 2. The first-order chi connectivity index (χ1) is 11.1. The van der Waals surface area contributed by atoms with Crippen LogP contribution in [0, 0.1) is 26.6 Å². The van der Waals surface area contributed by atoms with E-state index in [1.165, 1.54) is 6.07 Å². The number of H-pyrrole nitrogens is 1. The van der Waals surface area contributed by atoms with E-state index in [-0.39, 0.29) is 5.82 Å². The zero-order valence-electron chi connectivity index (χ0n) is 13.4. The predicted octanol–water partition coefficient (Wildman–Crippen LogP) is 2.73. The number of anilines is 1. The van der Waals surface area contributed by atoms with Crippen LogP contribution in [0.4, 0.5) is 10.2 Å². The van der Waals surface area contributed by atoms with Crippen LogP contribution >= 0.6 is 0 Å². The second-order valence-corrected chi connectivity index (χ2v) is 5.54.